The standard InChI is InChI=1S/C6H9NO2S.Na/c7-4-3-6(1-2-6)5-10(8)9;/h1-3,5H2,(H,8,9);/q;+1/p-1. The zero-order chi connectivity index (χ0) is 7.61. The van der Waals surface area contributed by atoms with Gasteiger partial charge in [0, 0.05) is 12.2 Å². The molecule has 1 fully saturated rings. The van der Waals surface area contributed by atoms with E-state index >= 15 is 0 Å². The minimum Gasteiger partial charge on any atom is -0.772 e. The average Bonchev–Trinajstić information content (AvgIpc) is 2.47. The van der Waals surface area contributed by atoms with E-state index in [1.54, 1.807) is 0 Å². The fraction of sp³-hybridized carbons (Fsp3) is 0.833. The van der Waals surface area contributed by atoms with Gasteiger partial charge in [0.1, 0.15) is 0 Å². The van der Waals surface area contributed by atoms with Crippen LogP contribution >= 0.6 is 0 Å². The van der Waals surface area contributed by atoms with E-state index in [1.807, 2.05) is 6.07 Å². The van der Waals surface area contributed by atoms with Crippen molar-refractivity contribution in [3.8, 4) is 6.07 Å². The van der Waals surface area contributed by atoms with Gasteiger partial charge in [-0.25, -0.2) is 0 Å². The number of nitrogens with zero attached hydrogens (tertiary/aromatic N) is 1. The van der Waals surface area contributed by atoms with Gasteiger partial charge < -0.3 is 4.55 Å². The molecule has 0 aromatic heterocycles. The van der Waals surface area contributed by atoms with E-state index in [1.165, 1.54) is 0 Å². The van der Waals surface area contributed by atoms with E-state index in [2.05, 4.69) is 0 Å². The number of hydrogen-bond acceptors (Lipinski definition) is 3. The fourth-order valence-electron chi connectivity index (χ4n) is 0.967. The minimum atomic E-state index is -1.98. The summed E-state index contributed by atoms with van der Waals surface area (Å²) in [6, 6.07) is 2.00. The molecule has 0 bridgehead atoms. The van der Waals surface area contributed by atoms with Gasteiger partial charge in [0.2, 0.25) is 0 Å². The summed E-state index contributed by atoms with van der Waals surface area (Å²) in [5.41, 5.74) is -0.151. The van der Waals surface area contributed by atoms with Gasteiger partial charge in [-0.1, -0.05) is 11.1 Å². The monoisotopic (exact) mass is 181 g/mol. The molecule has 1 aliphatic carbocycles. The summed E-state index contributed by atoms with van der Waals surface area (Å²) < 4.78 is 20.4. The van der Waals surface area contributed by atoms with Crippen LogP contribution in [0, 0.1) is 16.7 Å². The predicted octanol–water partition coefficient (Wildman–Crippen LogP) is -2.44. The van der Waals surface area contributed by atoms with E-state index in [-0.39, 0.29) is 40.7 Å². The second kappa shape index (κ2) is 4.58. The van der Waals surface area contributed by atoms with Gasteiger partial charge in [-0.3, -0.25) is 4.21 Å². The summed E-state index contributed by atoms with van der Waals surface area (Å²) in [7, 11) is 0. The third kappa shape index (κ3) is 3.68. The van der Waals surface area contributed by atoms with Gasteiger partial charge in [0.25, 0.3) is 0 Å². The molecule has 1 saturated carbocycles. The first-order valence-corrected chi connectivity index (χ1v) is 4.36. The van der Waals surface area contributed by atoms with Gasteiger partial charge in [-0.15, -0.1) is 0 Å². The summed E-state index contributed by atoms with van der Waals surface area (Å²) in [6.45, 7) is 0. The number of hydrogen-bond donors (Lipinski definition) is 0. The molecule has 0 amide bonds. The zero-order valence-corrected chi connectivity index (χ0v) is 9.32. The van der Waals surface area contributed by atoms with Crippen LogP contribution in [0.3, 0.4) is 0 Å². The first-order chi connectivity index (χ1) is 4.68. The Kier molecular flexibility index (Phi) is 4.83. The maximum absolute atomic E-state index is 10.2. The van der Waals surface area contributed by atoms with E-state index in [9.17, 15) is 8.76 Å². The van der Waals surface area contributed by atoms with E-state index in [0.29, 0.717) is 6.42 Å². The Hall–Kier alpha value is 0.600. The summed E-state index contributed by atoms with van der Waals surface area (Å²) in [5.74, 6) is 0.167. The molecule has 1 atom stereocenters. The van der Waals surface area contributed by atoms with Gasteiger partial charge in [0.15, 0.2) is 0 Å². The van der Waals surface area contributed by atoms with Crippen molar-refractivity contribution in [2.24, 2.45) is 5.41 Å². The molecular formula is C6H8NNaO2S. The Morgan fingerprint density at radius 1 is 1.64 bits per heavy atom. The topological polar surface area (TPSA) is 63.9 Å². The molecule has 0 radical (unpaired) electrons. The van der Waals surface area contributed by atoms with Gasteiger partial charge in [-0.2, -0.15) is 5.26 Å². The smallest absolute Gasteiger partial charge is 0.772 e. The summed E-state index contributed by atoms with van der Waals surface area (Å²) in [6.07, 6.45) is 2.18. The Morgan fingerprint density at radius 3 is 2.45 bits per heavy atom. The van der Waals surface area contributed by atoms with Crippen LogP contribution in [0.4, 0.5) is 0 Å². The molecular weight excluding hydrogens is 173 g/mol. The predicted molar refractivity (Wildman–Crippen MR) is 35.7 cm³/mol. The van der Waals surface area contributed by atoms with Crippen molar-refractivity contribution in [2.75, 3.05) is 5.75 Å². The van der Waals surface area contributed by atoms with Crippen LogP contribution in [0.15, 0.2) is 0 Å². The van der Waals surface area contributed by atoms with Crippen molar-refractivity contribution in [1.29, 1.82) is 5.26 Å². The van der Waals surface area contributed by atoms with Gasteiger partial charge in [-0.05, 0) is 18.3 Å². The molecule has 1 rings (SSSR count). The molecule has 0 aliphatic heterocycles. The average molecular weight is 181 g/mol. The Balaban J connectivity index is 0.000001000. The Bertz CT molecular complexity index is 197. The van der Waals surface area contributed by atoms with Crippen molar-refractivity contribution in [2.45, 2.75) is 19.3 Å². The normalized spacial score (nSPS) is 21.1. The van der Waals surface area contributed by atoms with E-state index in [0.717, 1.165) is 12.8 Å². The zero-order valence-electron chi connectivity index (χ0n) is 6.50. The first-order valence-electron chi connectivity index (χ1n) is 3.11. The maximum atomic E-state index is 10.2. The second-order valence-corrected chi connectivity index (χ2v) is 3.68. The molecule has 0 saturated heterocycles. The van der Waals surface area contributed by atoms with E-state index in [4.69, 9.17) is 5.26 Å². The quantitative estimate of drug-likeness (QED) is 0.359. The molecule has 11 heavy (non-hydrogen) atoms. The molecule has 56 valence electrons. The third-order valence-electron chi connectivity index (χ3n) is 1.84. The van der Waals surface area contributed by atoms with Crippen molar-refractivity contribution in [1.82, 2.24) is 0 Å². The first kappa shape index (κ1) is 11.6. The molecule has 0 aromatic carbocycles. The Morgan fingerprint density at radius 2 is 2.18 bits per heavy atom. The van der Waals surface area contributed by atoms with Crippen molar-refractivity contribution in [3.05, 3.63) is 0 Å². The molecule has 1 aliphatic rings. The van der Waals surface area contributed by atoms with Crippen LogP contribution in [-0.4, -0.2) is 14.5 Å². The maximum Gasteiger partial charge on any atom is 1.00 e. The fourth-order valence-corrected chi connectivity index (χ4v) is 1.86. The van der Waals surface area contributed by atoms with Crippen molar-refractivity contribution < 1.29 is 38.3 Å². The Labute approximate surface area is 90.7 Å². The number of nitriles is 1. The minimum absolute atomic E-state index is 0. The summed E-state index contributed by atoms with van der Waals surface area (Å²) in [5, 5.41) is 8.30. The van der Waals surface area contributed by atoms with Crippen LogP contribution in [-0.2, 0) is 11.1 Å². The van der Waals surface area contributed by atoms with E-state index < -0.39 is 11.1 Å². The van der Waals surface area contributed by atoms with Gasteiger partial charge >= 0.3 is 29.6 Å². The van der Waals surface area contributed by atoms with Crippen molar-refractivity contribution >= 4 is 11.1 Å². The molecule has 5 heteroatoms. The largest absolute Gasteiger partial charge is 1.00 e. The summed E-state index contributed by atoms with van der Waals surface area (Å²) >= 11 is -1.98. The second-order valence-electron chi connectivity index (χ2n) is 2.78. The van der Waals surface area contributed by atoms with Crippen LogP contribution in [0.2, 0.25) is 0 Å². The SMILES string of the molecule is N#CCC1(CS(=O)[O-])CC1.[Na+]. The van der Waals surface area contributed by atoms with Crippen LogP contribution in [0.1, 0.15) is 19.3 Å². The molecule has 3 nitrogen and oxygen atoms in total. The van der Waals surface area contributed by atoms with Crippen LogP contribution in [0.5, 0.6) is 0 Å². The van der Waals surface area contributed by atoms with Gasteiger partial charge in [0.05, 0.1) is 6.07 Å². The van der Waals surface area contributed by atoms with Crippen molar-refractivity contribution in [3.63, 3.8) is 0 Å². The third-order valence-corrected chi connectivity index (χ3v) is 2.68. The summed E-state index contributed by atoms with van der Waals surface area (Å²) in [4.78, 5) is 0. The molecule has 0 spiro atoms. The van der Waals surface area contributed by atoms with Crippen LogP contribution in [0.25, 0.3) is 0 Å². The molecule has 1 unspecified atom stereocenters. The molecule has 0 aromatic rings. The molecule has 0 N–H and O–H groups in total. The van der Waals surface area contributed by atoms with Crippen LogP contribution < -0.4 is 29.6 Å². The number of rotatable bonds is 3. The molecule has 0 heterocycles.